The number of para-hydroxylation sites is 2. The Bertz CT molecular complexity index is 1240. The van der Waals surface area contributed by atoms with E-state index in [1.54, 1.807) is 54.4 Å². The minimum absolute atomic E-state index is 0.104. The van der Waals surface area contributed by atoms with Gasteiger partial charge in [0.2, 0.25) is 5.91 Å². The number of methoxy groups -OCH3 is 1. The van der Waals surface area contributed by atoms with Crippen LogP contribution < -0.4 is 14.2 Å². The van der Waals surface area contributed by atoms with E-state index < -0.39 is 10.0 Å². The van der Waals surface area contributed by atoms with Gasteiger partial charge in [0.1, 0.15) is 18.1 Å². The van der Waals surface area contributed by atoms with Gasteiger partial charge in [-0.1, -0.05) is 42.0 Å². The third-order valence-corrected chi connectivity index (χ3v) is 6.43. The summed E-state index contributed by atoms with van der Waals surface area (Å²) in [5.74, 6) is 1.01. The Balaban J connectivity index is 1.55. The molecular formula is C26H28N2O5S. The highest BCUT2D eigenvalue weighted by molar-refractivity contribution is 7.92. The van der Waals surface area contributed by atoms with Gasteiger partial charge in [0.05, 0.1) is 24.2 Å². The number of benzene rings is 3. The third-order valence-electron chi connectivity index (χ3n) is 5.05. The van der Waals surface area contributed by atoms with E-state index in [1.807, 2.05) is 31.2 Å². The van der Waals surface area contributed by atoms with Gasteiger partial charge in [-0.15, -0.1) is 0 Å². The van der Waals surface area contributed by atoms with E-state index in [0.29, 0.717) is 30.2 Å². The van der Waals surface area contributed by atoms with Crippen LogP contribution in [0.15, 0.2) is 83.8 Å². The third kappa shape index (κ3) is 6.86. The molecule has 7 nitrogen and oxygen atoms in total. The monoisotopic (exact) mass is 480 g/mol. The highest BCUT2D eigenvalue weighted by Gasteiger charge is 2.16. The molecule has 3 rings (SSSR count). The van der Waals surface area contributed by atoms with E-state index in [4.69, 9.17) is 9.47 Å². The first-order chi connectivity index (χ1) is 16.3. The summed E-state index contributed by atoms with van der Waals surface area (Å²) in [6, 6.07) is 20.8. The predicted octanol–water partition coefficient (Wildman–Crippen LogP) is 4.36. The molecule has 34 heavy (non-hydrogen) atoms. The maximum absolute atomic E-state index is 12.7. The number of nitrogens with zero attached hydrogens (tertiary/aromatic N) is 1. The fourth-order valence-electron chi connectivity index (χ4n) is 3.03. The van der Waals surface area contributed by atoms with Gasteiger partial charge in [-0.05, 0) is 55.0 Å². The standard InChI is InChI=1S/C26H28N2O5S/c1-20-8-13-22(14-9-20)33-19-18-28(2)26(29)17-12-21-10-15-23(16-11-21)34(30,31)27-24-6-4-5-7-25(24)32-3/h4-17,27H,18-19H2,1-3H3/b17-12+. The molecule has 0 saturated heterocycles. The van der Waals surface area contributed by atoms with Crippen LogP contribution in [0.2, 0.25) is 0 Å². The molecule has 0 saturated carbocycles. The van der Waals surface area contributed by atoms with E-state index in [2.05, 4.69) is 4.72 Å². The number of carbonyl (C=O) groups is 1. The maximum atomic E-state index is 12.7. The number of sulfonamides is 1. The molecule has 0 aliphatic carbocycles. The van der Waals surface area contributed by atoms with E-state index >= 15 is 0 Å². The Morgan fingerprint density at radius 1 is 1.00 bits per heavy atom. The van der Waals surface area contributed by atoms with Gasteiger partial charge in [-0.25, -0.2) is 8.42 Å². The Labute approximate surface area is 200 Å². The Kier molecular flexibility index (Phi) is 8.32. The van der Waals surface area contributed by atoms with Crippen LogP contribution in [-0.4, -0.2) is 46.5 Å². The molecule has 0 fully saturated rings. The molecule has 0 aliphatic heterocycles. The molecule has 3 aromatic rings. The minimum atomic E-state index is -3.79. The van der Waals surface area contributed by atoms with Crippen LogP contribution in [0.1, 0.15) is 11.1 Å². The lowest BCUT2D eigenvalue weighted by Gasteiger charge is -2.15. The second-order valence-corrected chi connectivity index (χ2v) is 9.31. The lowest BCUT2D eigenvalue weighted by atomic mass is 10.2. The van der Waals surface area contributed by atoms with E-state index in [1.165, 1.54) is 25.3 Å². The van der Waals surface area contributed by atoms with Crippen molar-refractivity contribution in [3.05, 3.63) is 90.0 Å². The number of hydrogen-bond donors (Lipinski definition) is 1. The zero-order valence-corrected chi connectivity index (χ0v) is 20.2. The van der Waals surface area contributed by atoms with Crippen molar-refractivity contribution in [2.75, 3.05) is 32.0 Å². The Morgan fingerprint density at radius 2 is 1.68 bits per heavy atom. The molecule has 8 heteroatoms. The largest absolute Gasteiger partial charge is 0.495 e. The fourth-order valence-corrected chi connectivity index (χ4v) is 4.10. The molecule has 1 amide bonds. The van der Waals surface area contributed by atoms with Crippen molar-refractivity contribution in [3.8, 4) is 11.5 Å². The quantitative estimate of drug-likeness (QED) is 0.436. The molecule has 0 radical (unpaired) electrons. The van der Waals surface area contributed by atoms with E-state index in [9.17, 15) is 13.2 Å². The number of nitrogens with one attached hydrogen (secondary N) is 1. The second-order valence-electron chi connectivity index (χ2n) is 7.63. The Morgan fingerprint density at radius 3 is 2.35 bits per heavy atom. The first-order valence-electron chi connectivity index (χ1n) is 10.7. The van der Waals surface area contributed by atoms with Gasteiger partial charge in [0, 0.05) is 13.1 Å². The maximum Gasteiger partial charge on any atom is 0.262 e. The van der Waals surface area contributed by atoms with Crippen molar-refractivity contribution in [1.82, 2.24) is 4.90 Å². The average Bonchev–Trinajstić information content (AvgIpc) is 2.84. The molecule has 0 bridgehead atoms. The summed E-state index contributed by atoms with van der Waals surface area (Å²) < 4.78 is 38.8. The summed E-state index contributed by atoms with van der Waals surface area (Å²) in [5, 5.41) is 0. The molecule has 0 spiro atoms. The van der Waals surface area contributed by atoms with Crippen LogP contribution >= 0.6 is 0 Å². The van der Waals surface area contributed by atoms with Crippen molar-refractivity contribution in [1.29, 1.82) is 0 Å². The first-order valence-corrected chi connectivity index (χ1v) is 12.2. The highest BCUT2D eigenvalue weighted by Crippen LogP contribution is 2.26. The molecule has 0 atom stereocenters. The number of ether oxygens (including phenoxy) is 2. The number of carbonyl (C=O) groups excluding carboxylic acids is 1. The summed E-state index contributed by atoms with van der Waals surface area (Å²) in [4.78, 5) is 14.0. The fraction of sp³-hybridized carbons (Fsp3) is 0.192. The van der Waals surface area contributed by atoms with Gasteiger partial charge >= 0.3 is 0 Å². The van der Waals surface area contributed by atoms with Gasteiger partial charge in [0.25, 0.3) is 10.0 Å². The number of rotatable bonds is 10. The summed E-state index contributed by atoms with van der Waals surface area (Å²) in [6.45, 7) is 2.82. The van der Waals surface area contributed by atoms with Crippen molar-refractivity contribution < 1.29 is 22.7 Å². The number of amides is 1. The van der Waals surface area contributed by atoms with Crippen molar-refractivity contribution in [2.24, 2.45) is 0 Å². The van der Waals surface area contributed by atoms with Crippen LogP contribution in [-0.2, 0) is 14.8 Å². The lowest BCUT2D eigenvalue weighted by molar-refractivity contribution is -0.125. The summed E-state index contributed by atoms with van der Waals surface area (Å²) >= 11 is 0. The van der Waals surface area contributed by atoms with Gasteiger partial charge < -0.3 is 14.4 Å². The van der Waals surface area contributed by atoms with Crippen LogP contribution in [0, 0.1) is 6.92 Å². The van der Waals surface area contributed by atoms with Gasteiger partial charge in [-0.3, -0.25) is 9.52 Å². The molecule has 1 N–H and O–H groups in total. The number of anilines is 1. The van der Waals surface area contributed by atoms with Crippen molar-refractivity contribution >= 4 is 27.7 Å². The van der Waals surface area contributed by atoms with Crippen LogP contribution in [0.5, 0.6) is 11.5 Å². The molecule has 0 aliphatic rings. The van der Waals surface area contributed by atoms with Crippen molar-refractivity contribution in [2.45, 2.75) is 11.8 Å². The molecule has 0 heterocycles. The predicted molar refractivity (Wildman–Crippen MR) is 134 cm³/mol. The topological polar surface area (TPSA) is 84.9 Å². The van der Waals surface area contributed by atoms with E-state index in [-0.39, 0.29) is 10.8 Å². The highest BCUT2D eigenvalue weighted by atomic mass is 32.2. The zero-order valence-electron chi connectivity index (χ0n) is 19.4. The number of hydrogen-bond acceptors (Lipinski definition) is 5. The number of likely N-dealkylation sites (N-methyl/N-ethyl adjacent to an activating group) is 1. The summed E-state index contributed by atoms with van der Waals surface area (Å²) in [7, 11) is -0.611. The van der Waals surface area contributed by atoms with Crippen LogP contribution in [0.3, 0.4) is 0 Å². The SMILES string of the molecule is COc1ccccc1NS(=O)(=O)c1ccc(/C=C/C(=O)N(C)CCOc2ccc(C)cc2)cc1. The molecular weight excluding hydrogens is 452 g/mol. The summed E-state index contributed by atoms with van der Waals surface area (Å²) in [5.41, 5.74) is 2.21. The average molecular weight is 481 g/mol. The lowest BCUT2D eigenvalue weighted by Crippen LogP contribution is -2.29. The minimum Gasteiger partial charge on any atom is -0.495 e. The number of aryl methyl sites for hydroxylation is 1. The van der Waals surface area contributed by atoms with Gasteiger partial charge in [-0.2, -0.15) is 0 Å². The molecule has 3 aromatic carbocycles. The van der Waals surface area contributed by atoms with Crippen LogP contribution in [0.25, 0.3) is 6.08 Å². The Hall–Kier alpha value is -3.78. The molecule has 0 unspecified atom stereocenters. The van der Waals surface area contributed by atoms with Gasteiger partial charge in [0.15, 0.2) is 0 Å². The molecule has 0 aromatic heterocycles. The normalized spacial score (nSPS) is 11.3. The zero-order chi connectivity index (χ0) is 24.6. The van der Waals surface area contributed by atoms with E-state index in [0.717, 1.165) is 11.3 Å². The first kappa shape index (κ1) is 24.9. The smallest absolute Gasteiger partial charge is 0.262 e. The molecule has 178 valence electrons. The van der Waals surface area contributed by atoms with Crippen LogP contribution in [0.4, 0.5) is 5.69 Å². The summed E-state index contributed by atoms with van der Waals surface area (Å²) in [6.07, 6.45) is 3.09. The van der Waals surface area contributed by atoms with Crippen molar-refractivity contribution in [3.63, 3.8) is 0 Å². The second kappa shape index (κ2) is 11.4.